The SMILES string of the molecule is NCCCCOc1ccc(N(c2ccccc2)c2ccccc2)cc1. The molecule has 25 heavy (non-hydrogen) atoms. The molecule has 0 heterocycles. The van der Waals surface area contributed by atoms with Crippen LogP contribution in [-0.4, -0.2) is 13.2 Å². The van der Waals surface area contributed by atoms with Crippen LogP contribution in [0.25, 0.3) is 0 Å². The molecule has 3 heteroatoms. The highest BCUT2D eigenvalue weighted by molar-refractivity contribution is 5.76. The number of hydrogen-bond donors (Lipinski definition) is 1. The average Bonchev–Trinajstić information content (AvgIpc) is 2.68. The fourth-order valence-corrected chi connectivity index (χ4v) is 2.73. The van der Waals surface area contributed by atoms with Crippen LogP contribution in [0.3, 0.4) is 0 Å². The van der Waals surface area contributed by atoms with E-state index in [4.69, 9.17) is 10.5 Å². The number of anilines is 3. The van der Waals surface area contributed by atoms with Crippen molar-refractivity contribution in [1.82, 2.24) is 0 Å². The lowest BCUT2D eigenvalue weighted by molar-refractivity contribution is 0.308. The fraction of sp³-hybridized carbons (Fsp3) is 0.182. The zero-order valence-corrected chi connectivity index (χ0v) is 14.3. The van der Waals surface area contributed by atoms with Crippen molar-refractivity contribution in [3.8, 4) is 5.75 Å². The van der Waals surface area contributed by atoms with E-state index in [0.29, 0.717) is 13.2 Å². The Hall–Kier alpha value is -2.78. The first kappa shape index (κ1) is 17.1. The number of benzene rings is 3. The highest BCUT2D eigenvalue weighted by Crippen LogP contribution is 2.34. The van der Waals surface area contributed by atoms with Crippen LogP contribution in [0.4, 0.5) is 17.1 Å². The van der Waals surface area contributed by atoms with Crippen LogP contribution in [0.15, 0.2) is 84.9 Å². The van der Waals surface area contributed by atoms with Crippen molar-refractivity contribution < 1.29 is 4.74 Å². The molecule has 2 N–H and O–H groups in total. The predicted molar refractivity (Wildman–Crippen MR) is 105 cm³/mol. The van der Waals surface area contributed by atoms with Crippen molar-refractivity contribution in [2.75, 3.05) is 18.1 Å². The largest absolute Gasteiger partial charge is 0.494 e. The second-order valence-corrected chi connectivity index (χ2v) is 5.84. The number of rotatable bonds is 8. The third kappa shape index (κ3) is 4.61. The summed E-state index contributed by atoms with van der Waals surface area (Å²) in [5, 5.41) is 0. The molecule has 3 aromatic carbocycles. The summed E-state index contributed by atoms with van der Waals surface area (Å²) in [6.07, 6.45) is 1.98. The van der Waals surface area contributed by atoms with Crippen LogP contribution >= 0.6 is 0 Å². The predicted octanol–water partition coefficient (Wildman–Crippen LogP) is 5.27. The molecule has 0 saturated heterocycles. The molecule has 3 aromatic rings. The first-order chi connectivity index (χ1) is 12.4. The summed E-state index contributed by atoms with van der Waals surface area (Å²) in [5.41, 5.74) is 8.87. The first-order valence-corrected chi connectivity index (χ1v) is 8.71. The molecule has 0 aliphatic heterocycles. The standard InChI is InChI=1S/C22H24N2O/c23-17-7-8-18-25-22-15-13-21(14-16-22)24(19-9-3-1-4-10-19)20-11-5-2-6-12-20/h1-6,9-16H,7-8,17-18,23H2. The number of para-hydroxylation sites is 2. The Kier molecular flexibility index (Phi) is 6.07. The summed E-state index contributed by atoms with van der Waals surface area (Å²) in [7, 11) is 0. The molecule has 0 aromatic heterocycles. The van der Waals surface area contributed by atoms with Crippen LogP contribution < -0.4 is 15.4 Å². The molecule has 0 saturated carbocycles. The van der Waals surface area contributed by atoms with Crippen LogP contribution in [0.1, 0.15) is 12.8 Å². The number of unbranched alkanes of at least 4 members (excludes halogenated alkanes) is 1. The van der Waals surface area contributed by atoms with Gasteiger partial charge in [0.05, 0.1) is 6.61 Å². The van der Waals surface area contributed by atoms with E-state index in [9.17, 15) is 0 Å². The molecule has 0 spiro atoms. The lowest BCUT2D eigenvalue weighted by atomic mass is 10.2. The zero-order valence-electron chi connectivity index (χ0n) is 14.3. The molecular formula is C22H24N2O. The molecule has 0 aliphatic rings. The molecule has 128 valence electrons. The van der Waals surface area contributed by atoms with E-state index in [1.807, 2.05) is 24.3 Å². The van der Waals surface area contributed by atoms with E-state index in [1.54, 1.807) is 0 Å². The van der Waals surface area contributed by atoms with Crippen LogP contribution in [0, 0.1) is 0 Å². The van der Waals surface area contributed by atoms with Gasteiger partial charge in [-0.2, -0.15) is 0 Å². The smallest absolute Gasteiger partial charge is 0.119 e. The molecule has 0 amide bonds. The Morgan fingerprint density at radius 3 is 1.68 bits per heavy atom. The van der Waals surface area contributed by atoms with Gasteiger partial charge in [0.25, 0.3) is 0 Å². The Bertz CT molecular complexity index is 703. The maximum atomic E-state index is 5.78. The van der Waals surface area contributed by atoms with Gasteiger partial charge in [-0.05, 0) is 67.9 Å². The summed E-state index contributed by atoms with van der Waals surface area (Å²) < 4.78 is 5.78. The molecule has 3 rings (SSSR count). The minimum absolute atomic E-state index is 0.706. The third-order valence-corrected chi connectivity index (χ3v) is 3.99. The highest BCUT2D eigenvalue weighted by atomic mass is 16.5. The number of nitrogens with zero attached hydrogens (tertiary/aromatic N) is 1. The van der Waals surface area contributed by atoms with Crippen molar-refractivity contribution in [2.45, 2.75) is 12.8 Å². The number of ether oxygens (including phenoxy) is 1. The van der Waals surface area contributed by atoms with E-state index in [0.717, 1.165) is 35.7 Å². The monoisotopic (exact) mass is 332 g/mol. The second kappa shape index (κ2) is 8.90. The van der Waals surface area contributed by atoms with Gasteiger partial charge in [-0.1, -0.05) is 36.4 Å². The van der Waals surface area contributed by atoms with Crippen molar-refractivity contribution in [3.63, 3.8) is 0 Å². The highest BCUT2D eigenvalue weighted by Gasteiger charge is 2.11. The van der Waals surface area contributed by atoms with E-state index in [1.165, 1.54) is 0 Å². The topological polar surface area (TPSA) is 38.5 Å². The van der Waals surface area contributed by atoms with Gasteiger partial charge in [-0.25, -0.2) is 0 Å². The van der Waals surface area contributed by atoms with Crippen molar-refractivity contribution in [1.29, 1.82) is 0 Å². The second-order valence-electron chi connectivity index (χ2n) is 5.84. The molecule has 0 atom stereocenters. The molecule has 3 nitrogen and oxygen atoms in total. The number of nitrogens with two attached hydrogens (primary N) is 1. The molecule has 0 fully saturated rings. The maximum Gasteiger partial charge on any atom is 0.119 e. The summed E-state index contributed by atoms with van der Waals surface area (Å²) in [6, 6.07) is 29.0. The Morgan fingerprint density at radius 1 is 0.640 bits per heavy atom. The first-order valence-electron chi connectivity index (χ1n) is 8.71. The van der Waals surface area contributed by atoms with Crippen molar-refractivity contribution in [2.24, 2.45) is 5.73 Å². The van der Waals surface area contributed by atoms with E-state index < -0.39 is 0 Å². The summed E-state index contributed by atoms with van der Waals surface area (Å²) in [4.78, 5) is 2.23. The lowest BCUT2D eigenvalue weighted by Gasteiger charge is -2.25. The maximum absolute atomic E-state index is 5.78. The van der Waals surface area contributed by atoms with Crippen molar-refractivity contribution >= 4 is 17.1 Å². The molecular weight excluding hydrogens is 308 g/mol. The van der Waals surface area contributed by atoms with E-state index >= 15 is 0 Å². The van der Waals surface area contributed by atoms with Crippen LogP contribution in [-0.2, 0) is 0 Å². The molecule has 0 bridgehead atoms. The van der Waals surface area contributed by atoms with E-state index in [-0.39, 0.29) is 0 Å². The summed E-state index contributed by atoms with van der Waals surface area (Å²) in [5.74, 6) is 0.891. The quantitative estimate of drug-likeness (QED) is 0.571. The van der Waals surface area contributed by atoms with Crippen molar-refractivity contribution in [3.05, 3.63) is 84.9 Å². The summed E-state index contributed by atoms with van der Waals surface area (Å²) >= 11 is 0. The minimum atomic E-state index is 0.706. The van der Waals surface area contributed by atoms with Gasteiger partial charge in [0.2, 0.25) is 0 Å². The van der Waals surface area contributed by atoms with Crippen LogP contribution in [0.2, 0.25) is 0 Å². The molecule has 0 unspecified atom stereocenters. The Morgan fingerprint density at radius 2 is 1.16 bits per heavy atom. The zero-order chi connectivity index (χ0) is 17.3. The van der Waals surface area contributed by atoms with Gasteiger partial charge in [0, 0.05) is 17.1 Å². The Balaban J connectivity index is 1.82. The molecule has 0 radical (unpaired) electrons. The minimum Gasteiger partial charge on any atom is -0.494 e. The van der Waals surface area contributed by atoms with E-state index in [2.05, 4.69) is 65.6 Å². The van der Waals surface area contributed by atoms with Gasteiger partial charge < -0.3 is 15.4 Å². The third-order valence-electron chi connectivity index (χ3n) is 3.99. The fourth-order valence-electron chi connectivity index (χ4n) is 2.73. The number of hydrogen-bond acceptors (Lipinski definition) is 3. The lowest BCUT2D eigenvalue weighted by Crippen LogP contribution is -2.09. The van der Waals surface area contributed by atoms with Crippen LogP contribution in [0.5, 0.6) is 5.75 Å². The van der Waals surface area contributed by atoms with Gasteiger partial charge >= 0.3 is 0 Å². The molecule has 0 aliphatic carbocycles. The van der Waals surface area contributed by atoms with Gasteiger partial charge in [0.1, 0.15) is 5.75 Å². The average molecular weight is 332 g/mol. The Labute approximate surface area is 149 Å². The summed E-state index contributed by atoms with van der Waals surface area (Å²) in [6.45, 7) is 1.42. The normalized spacial score (nSPS) is 10.4. The van der Waals surface area contributed by atoms with Gasteiger partial charge in [-0.15, -0.1) is 0 Å². The van der Waals surface area contributed by atoms with Gasteiger partial charge in [-0.3, -0.25) is 0 Å². The van der Waals surface area contributed by atoms with Gasteiger partial charge in [0.15, 0.2) is 0 Å².